The third kappa shape index (κ3) is 5.26. The molecule has 206 valence electrons. The zero-order chi connectivity index (χ0) is 29.4. The number of fused-ring (bicyclic) bond motifs is 4. The van der Waals surface area contributed by atoms with E-state index in [9.17, 15) is 9.59 Å². The SMILES string of the molecule is [2H]c1cc(Cl)cc(-c2cc(=O)n(C3CCCC(C)C(=O)Nc4cnn(C)c4-c4ccnc3c4)cn2)c1-c1ccnnc1. The first-order chi connectivity index (χ1) is 20.3. The molecule has 41 heavy (non-hydrogen) atoms. The van der Waals surface area contributed by atoms with Crippen LogP contribution >= 0.6 is 11.6 Å². The number of aryl methyl sites for hydroxylation is 1. The summed E-state index contributed by atoms with van der Waals surface area (Å²) < 4.78 is 11.9. The Labute approximate surface area is 242 Å². The molecule has 0 saturated carbocycles. The van der Waals surface area contributed by atoms with E-state index in [4.69, 9.17) is 13.0 Å². The van der Waals surface area contributed by atoms with Gasteiger partial charge in [-0.2, -0.15) is 15.3 Å². The lowest BCUT2D eigenvalue weighted by atomic mass is 9.96. The lowest BCUT2D eigenvalue weighted by Gasteiger charge is -2.22. The second-order valence-corrected chi connectivity index (χ2v) is 10.5. The maximum atomic E-state index is 13.7. The van der Waals surface area contributed by atoms with Gasteiger partial charge in [-0.15, -0.1) is 0 Å². The van der Waals surface area contributed by atoms with Gasteiger partial charge in [-0.1, -0.05) is 31.0 Å². The van der Waals surface area contributed by atoms with E-state index in [1.165, 1.54) is 12.4 Å². The zero-order valence-corrected chi connectivity index (χ0v) is 23.2. The van der Waals surface area contributed by atoms with Crippen molar-refractivity contribution in [1.29, 1.82) is 0 Å². The van der Waals surface area contributed by atoms with Crippen molar-refractivity contribution in [3.05, 3.63) is 94.6 Å². The third-order valence-corrected chi connectivity index (χ3v) is 7.60. The van der Waals surface area contributed by atoms with Crippen LogP contribution in [0.5, 0.6) is 0 Å². The van der Waals surface area contributed by atoms with E-state index >= 15 is 0 Å². The summed E-state index contributed by atoms with van der Waals surface area (Å²) in [5, 5.41) is 15.5. The molecule has 0 saturated heterocycles. The molecular formula is C30H27ClN8O2. The predicted molar refractivity (Wildman–Crippen MR) is 156 cm³/mol. The number of nitrogens with one attached hydrogen (secondary N) is 1. The third-order valence-electron chi connectivity index (χ3n) is 7.38. The first kappa shape index (κ1) is 25.3. The normalized spacial score (nSPS) is 17.5. The zero-order valence-electron chi connectivity index (χ0n) is 23.5. The van der Waals surface area contributed by atoms with Crippen LogP contribution in [0.4, 0.5) is 5.69 Å². The first-order valence-electron chi connectivity index (χ1n) is 13.7. The fourth-order valence-electron chi connectivity index (χ4n) is 5.22. The smallest absolute Gasteiger partial charge is 0.254 e. The molecule has 4 aromatic heterocycles. The molecule has 1 N–H and O–H groups in total. The van der Waals surface area contributed by atoms with Crippen molar-refractivity contribution in [3.8, 4) is 33.6 Å². The predicted octanol–water partition coefficient (Wildman–Crippen LogP) is 5.16. The number of amides is 1. The van der Waals surface area contributed by atoms with Crippen LogP contribution in [-0.2, 0) is 11.8 Å². The molecule has 0 aliphatic carbocycles. The number of pyridine rings is 1. The molecule has 0 radical (unpaired) electrons. The molecule has 1 aliphatic heterocycles. The van der Waals surface area contributed by atoms with Crippen molar-refractivity contribution >= 4 is 23.2 Å². The quantitative estimate of drug-likeness (QED) is 0.319. The Morgan fingerprint density at radius 1 is 1.00 bits per heavy atom. The van der Waals surface area contributed by atoms with Gasteiger partial charge in [0.25, 0.3) is 5.56 Å². The van der Waals surface area contributed by atoms with Crippen LogP contribution in [-0.4, -0.2) is 40.4 Å². The molecule has 11 heteroatoms. The number of anilines is 1. The number of nitrogens with zero attached hydrogens (tertiary/aromatic N) is 7. The summed E-state index contributed by atoms with van der Waals surface area (Å²) in [5.41, 5.74) is 4.79. The van der Waals surface area contributed by atoms with E-state index in [0.717, 1.165) is 11.3 Å². The Morgan fingerprint density at radius 2 is 1.85 bits per heavy atom. The van der Waals surface area contributed by atoms with Crippen molar-refractivity contribution in [3.63, 3.8) is 0 Å². The molecule has 6 rings (SSSR count). The summed E-state index contributed by atoms with van der Waals surface area (Å²) in [6.07, 6.45) is 9.87. The molecule has 10 nitrogen and oxygen atoms in total. The molecule has 0 spiro atoms. The minimum absolute atomic E-state index is 0.0747. The van der Waals surface area contributed by atoms with E-state index < -0.39 is 6.04 Å². The molecule has 1 amide bonds. The van der Waals surface area contributed by atoms with Crippen LogP contribution in [0.1, 0.15) is 39.3 Å². The average molecular weight is 568 g/mol. The highest BCUT2D eigenvalue weighted by Crippen LogP contribution is 2.34. The van der Waals surface area contributed by atoms with Crippen molar-refractivity contribution in [2.24, 2.45) is 13.0 Å². The van der Waals surface area contributed by atoms with Gasteiger partial charge in [0.15, 0.2) is 0 Å². The fourth-order valence-corrected chi connectivity index (χ4v) is 5.39. The van der Waals surface area contributed by atoms with Gasteiger partial charge in [0.2, 0.25) is 5.91 Å². The van der Waals surface area contributed by atoms with Gasteiger partial charge in [0.05, 0.1) is 55.1 Å². The highest BCUT2D eigenvalue weighted by atomic mass is 35.5. The Bertz CT molecular complexity index is 1860. The summed E-state index contributed by atoms with van der Waals surface area (Å²) in [5.74, 6) is -0.307. The number of benzene rings is 1. The van der Waals surface area contributed by atoms with Crippen LogP contribution in [0.3, 0.4) is 0 Å². The largest absolute Gasteiger partial charge is 0.323 e. The highest BCUT2D eigenvalue weighted by Gasteiger charge is 2.24. The lowest BCUT2D eigenvalue weighted by molar-refractivity contribution is -0.119. The Kier molecular flexibility index (Phi) is 6.81. The molecule has 0 fully saturated rings. The second-order valence-electron chi connectivity index (χ2n) is 10.1. The number of carbonyl (C=O) groups is 1. The Hall–Kier alpha value is -4.70. The van der Waals surface area contributed by atoms with Crippen LogP contribution in [0, 0.1) is 5.92 Å². The van der Waals surface area contributed by atoms with E-state index in [-0.39, 0.29) is 23.4 Å². The summed E-state index contributed by atoms with van der Waals surface area (Å²) in [6, 6.07) is 10.0. The average Bonchev–Trinajstić information content (AvgIpc) is 3.34. The van der Waals surface area contributed by atoms with Gasteiger partial charge >= 0.3 is 0 Å². The molecular weight excluding hydrogens is 540 g/mol. The number of carbonyl (C=O) groups excluding carboxylic acids is 1. The topological polar surface area (TPSA) is 120 Å². The molecule has 2 bridgehead atoms. The van der Waals surface area contributed by atoms with E-state index in [1.807, 2.05) is 26.1 Å². The van der Waals surface area contributed by atoms with E-state index in [2.05, 4.69) is 30.6 Å². The molecule has 5 aromatic rings. The summed E-state index contributed by atoms with van der Waals surface area (Å²) >= 11 is 6.34. The maximum absolute atomic E-state index is 13.7. The number of rotatable bonds is 3. The van der Waals surface area contributed by atoms with Gasteiger partial charge in [-0.05, 0) is 48.7 Å². The Morgan fingerprint density at radius 3 is 2.66 bits per heavy atom. The molecule has 5 heterocycles. The van der Waals surface area contributed by atoms with Gasteiger partial charge in [0.1, 0.15) is 0 Å². The van der Waals surface area contributed by atoms with Gasteiger partial charge in [0, 0.05) is 46.9 Å². The van der Waals surface area contributed by atoms with Crippen molar-refractivity contribution in [2.45, 2.75) is 32.2 Å². The second kappa shape index (κ2) is 11.1. The van der Waals surface area contributed by atoms with Crippen molar-refractivity contribution in [2.75, 3.05) is 5.32 Å². The van der Waals surface area contributed by atoms with E-state index in [1.54, 1.807) is 52.2 Å². The van der Waals surface area contributed by atoms with Crippen LogP contribution in [0.15, 0.2) is 78.3 Å². The monoisotopic (exact) mass is 567 g/mol. The van der Waals surface area contributed by atoms with Gasteiger partial charge in [-0.3, -0.25) is 23.8 Å². The molecule has 1 aliphatic rings. The number of hydrogen-bond donors (Lipinski definition) is 1. The summed E-state index contributed by atoms with van der Waals surface area (Å²) in [7, 11) is 1.82. The molecule has 2 atom stereocenters. The lowest BCUT2D eigenvalue weighted by Crippen LogP contribution is -2.27. The van der Waals surface area contributed by atoms with Crippen molar-refractivity contribution in [1.82, 2.24) is 34.5 Å². The van der Waals surface area contributed by atoms with Crippen LogP contribution in [0.25, 0.3) is 33.6 Å². The molecule has 1 aromatic carbocycles. The number of aromatic nitrogens is 7. The van der Waals surface area contributed by atoms with Gasteiger partial charge in [-0.25, -0.2) is 4.98 Å². The first-order valence-corrected chi connectivity index (χ1v) is 13.6. The highest BCUT2D eigenvalue weighted by molar-refractivity contribution is 6.31. The summed E-state index contributed by atoms with van der Waals surface area (Å²) in [4.78, 5) is 36.0. The number of hydrogen-bond acceptors (Lipinski definition) is 7. The minimum Gasteiger partial charge on any atom is -0.323 e. The molecule has 2 unspecified atom stereocenters. The van der Waals surface area contributed by atoms with E-state index in [0.29, 0.717) is 58.1 Å². The Balaban J connectivity index is 1.45. The van der Waals surface area contributed by atoms with Crippen LogP contribution < -0.4 is 10.9 Å². The fraction of sp³-hybridized carbons (Fsp3) is 0.233. The van der Waals surface area contributed by atoms with Gasteiger partial charge < -0.3 is 5.32 Å². The van der Waals surface area contributed by atoms with Crippen molar-refractivity contribution < 1.29 is 6.17 Å². The maximum Gasteiger partial charge on any atom is 0.254 e. The minimum atomic E-state index is -0.416. The van der Waals surface area contributed by atoms with Crippen LogP contribution in [0.2, 0.25) is 5.02 Å². The standard InChI is InChI=1S/C30H27ClN8O2/c1-18-4-3-5-27(25-12-19(8-10-32-25)29-26(37-30(18)41)16-36-38(29)2)39-17-33-24(14-28(39)40)23-13-21(31)6-7-22(23)20-9-11-34-35-15-20/h6-18,27H,3-5H2,1-2H3,(H,37,41)/i7D. The number of halogens is 1. The summed E-state index contributed by atoms with van der Waals surface area (Å²) in [6.45, 7) is 1.90.